The Morgan fingerprint density at radius 3 is 2.15 bits per heavy atom. The van der Waals surface area contributed by atoms with Crippen molar-refractivity contribution in [3.63, 3.8) is 0 Å². The Balaban J connectivity index is 2.94. The van der Waals surface area contributed by atoms with Crippen LogP contribution in [-0.2, 0) is 0 Å². The molecule has 1 amide bonds. The molecule has 20 heavy (non-hydrogen) atoms. The summed E-state index contributed by atoms with van der Waals surface area (Å²) >= 11 is 0. The average Bonchev–Trinajstić information content (AvgIpc) is 2.18. The van der Waals surface area contributed by atoms with Gasteiger partial charge in [0.2, 0.25) is 0 Å². The lowest BCUT2D eigenvalue weighted by Crippen LogP contribution is -2.46. The number of hydrogen-bond donors (Lipinski definition) is 2. The van der Waals surface area contributed by atoms with Gasteiger partial charge < -0.3 is 11.1 Å². The van der Waals surface area contributed by atoms with E-state index in [0.717, 1.165) is 18.6 Å². The van der Waals surface area contributed by atoms with Crippen molar-refractivity contribution in [3.05, 3.63) is 29.3 Å². The Hall–Kier alpha value is -1.65. The number of halogens is 2. The van der Waals surface area contributed by atoms with Gasteiger partial charge in [-0.2, -0.15) is 0 Å². The maximum atomic E-state index is 13.2. The van der Waals surface area contributed by atoms with Crippen LogP contribution in [-0.4, -0.2) is 11.4 Å². The molecular weight excluding hydrogens is 262 g/mol. The molecule has 0 aromatic heterocycles. The highest BCUT2D eigenvalue weighted by Crippen LogP contribution is 2.27. The fourth-order valence-corrected chi connectivity index (χ4v) is 2.50. The van der Waals surface area contributed by atoms with E-state index in [1.54, 1.807) is 0 Å². The first-order valence-electron chi connectivity index (χ1n) is 6.48. The van der Waals surface area contributed by atoms with E-state index in [9.17, 15) is 13.6 Å². The van der Waals surface area contributed by atoms with Crippen LogP contribution >= 0.6 is 0 Å². The molecule has 1 aromatic carbocycles. The molecule has 0 heterocycles. The number of carbonyl (C=O) groups is 1. The molecule has 1 aromatic rings. The first-order valence-corrected chi connectivity index (χ1v) is 6.48. The van der Waals surface area contributed by atoms with Crippen molar-refractivity contribution >= 4 is 11.6 Å². The van der Waals surface area contributed by atoms with Crippen LogP contribution in [0.2, 0.25) is 0 Å². The maximum Gasteiger partial charge on any atom is 0.253 e. The van der Waals surface area contributed by atoms with E-state index < -0.39 is 23.1 Å². The minimum Gasteiger partial charge on any atom is -0.398 e. The molecule has 0 saturated heterocycles. The Bertz CT molecular complexity index is 519. The Kier molecular flexibility index (Phi) is 4.42. The Morgan fingerprint density at radius 2 is 1.65 bits per heavy atom. The van der Waals surface area contributed by atoms with Crippen LogP contribution in [0.15, 0.2) is 12.1 Å². The smallest absolute Gasteiger partial charge is 0.253 e. The highest BCUT2D eigenvalue weighted by Gasteiger charge is 2.28. The molecule has 0 spiro atoms. The third kappa shape index (κ3) is 4.47. The molecule has 3 nitrogen and oxygen atoms in total. The number of anilines is 1. The van der Waals surface area contributed by atoms with Gasteiger partial charge in [-0.15, -0.1) is 0 Å². The molecule has 0 atom stereocenters. The molecule has 0 unspecified atom stereocenters. The van der Waals surface area contributed by atoms with E-state index in [-0.39, 0.29) is 16.7 Å². The van der Waals surface area contributed by atoms with Crippen LogP contribution in [0.1, 0.15) is 51.4 Å². The maximum absolute atomic E-state index is 13.2. The largest absolute Gasteiger partial charge is 0.398 e. The monoisotopic (exact) mass is 284 g/mol. The van der Waals surface area contributed by atoms with E-state index in [0.29, 0.717) is 0 Å². The second-order valence-electron chi connectivity index (χ2n) is 6.93. The van der Waals surface area contributed by atoms with Gasteiger partial charge in [-0.05, 0) is 31.7 Å². The van der Waals surface area contributed by atoms with Gasteiger partial charge in [0, 0.05) is 17.3 Å². The zero-order valence-corrected chi connectivity index (χ0v) is 12.6. The molecule has 0 fully saturated rings. The predicted octanol–water partition coefficient (Wildman–Crippen LogP) is 3.49. The summed E-state index contributed by atoms with van der Waals surface area (Å²) in [5.41, 5.74) is 4.99. The van der Waals surface area contributed by atoms with Crippen LogP contribution in [0.5, 0.6) is 0 Å². The molecule has 0 bridgehead atoms. The number of nitrogens with two attached hydrogens (primary N) is 1. The lowest BCUT2D eigenvalue weighted by Gasteiger charge is -2.33. The number of rotatable bonds is 3. The van der Waals surface area contributed by atoms with Crippen LogP contribution in [0.3, 0.4) is 0 Å². The van der Waals surface area contributed by atoms with Crippen molar-refractivity contribution in [1.29, 1.82) is 0 Å². The first kappa shape index (κ1) is 16.4. The molecule has 5 heteroatoms. The third-order valence-electron chi connectivity index (χ3n) is 2.76. The average molecular weight is 284 g/mol. The number of nitrogens with one attached hydrogen (secondary N) is 1. The summed E-state index contributed by atoms with van der Waals surface area (Å²) in [5.74, 6) is -2.65. The van der Waals surface area contributed by atoms with Crippen molar-refractivity contribution in [3.8, 4) is 0 Å². The van der Waals surface area contributed by atoms with Crippen molar-refractivity contribution in [2.24, 2.45) is 5.41 Å². The van der Waals surface area contributed by atoms with E-state index in [2.05, 4.69) is 26.1 Å². The summed E-state index contributed by atoms with van der Waals surface area (Å²) in [6.45, 7) is 9.95. The summed E-state index contributed by atoms with van der Waals surface area (Å²) in [4.78, 5) is 12.2. The lowest BCUT2D eigenvalue weighted by molar-refractivity contribution is 0.0892. The molecule has 0 aliphatic rings. The van der Waals surface area contributed by atoms with Crippen molar-refractivity contribution in [2.45, 2.75) is 46.6 Å². The van der Waals surface area contributed by atoms with E-state index >= 15 is 0 Å². The summed E-state index contributed by atoms with van der Waals surface area (Å²) in [5, 5.41) is 2.81. The minimum absolute atomic E-state index is 0.0242. The van der Waals surface area contributed by atoms with Gasteiger partial charge in [-0.1, -0.05) is 20.8 Å². The second-order valence-corrected chi connectivity index (χ2v) is 6.93. The molecular formula is C15H22F2N2O. The van der Waals surface area contributed by atoms with E-state index in [1.165, 1.54) is 0 Å². The molecule has 0 aliphatic heterocycles. The lowest BCUT2D eigenvalue weighted by atomic mass is 9.81. The molecule has 3 N–H and O–H groups in total. The summed E-state index contributed by atoms with van der Waals surface area (Å²) in [6, 6.07) is 1.65. The number of hydrogen-bond acceptors (Lipinski definition) is 2. The van der Waals surface area contributed by atoms with Crippen LogP contribution in [0.25, 0.3) is 0 Å². The van der Waals surface area contributed by atoms with Crippen molar-refractivity contribution < 1.29 is 13.6 Å². The topological polar surface area (TPSA) is 55.1 Å². The van der Waals surface area contributed by atoms with Gasteiger partial charge in [0.1, 0.15) is 0 Å². The Morgan fingerprint density at radius 1 is 1.15 bits per heavy atom. The van der Waals surface area contributed by atoms with Crippen molar-refractivity contribution in [2.75, 3.05) is 5.73 Å². The predicted molar refractivity (Wildman–Crippen MR) is 76.4 cm³/mol. The fourth-order valence-electron chi connectivity index (χ4n) is 2.50. The van der Waals surface area contributed by atoms with Crippen LogP contribution in [0, 0.1) is 17.0 Å². The number of amides is 1. The van der Waals surface area contributed by atoms with Gasteiger partial charge >= 0.3 is 0 Å². The van der Waals surface area contributed by atoms with Gasteiger partial charge in [0.25, 0.3) is 5.91 Å². The Labute approximate surface area is 118 Å². The van der Waals surface area contributed by atoms with Gasteiger partial charge in [-0.25, -0.2) is 8.78 Å². The van der Waals surface area contributed by atoms with E-state index in [1.807, 2.05) is 13.8 Å². The fraction of sp³-hybridized carbons (Fsp3) is 0.533. The third-order valence-corrected chi connectivity index (χ3v) is 2.76. The van der Waals surface area contributed by atoms with Crippen LogP contribution in [0.4, 0.5) is 14.5 Å². The molecule has 1 rings (SSSR count). The highest BCUT2D eigenvalue weighted by molar-refractivity contribution is 5.99. The summed E-state index contributed by atoms with van der Waals surface area (Å²) in [6.07, 6.45) is 0.731. The van der Waals surface area contributed by atoms with Crippen molar-refractivity contribution in [1.82, 2.24) is 5.32 Å². The standard InChI is InChI=1S/C15H22F2N2O/c1-14(2,3)8-15(4,5)19-13(20)9-6-10(16)11(17)7-12(9)18/h6-7H,8,18H2,1-5H3,(H,19,20). The van der Waals surface area contributed by atoms with Crippen LogP contribution < -0.4 is 11.1 Å². The van der Waals surface area contributed by atoms with Gasteiger partial charge in [0.05, 0.1) is 5.56 Å². The normalized spacial score (nSPS) is 12.3. The van der Waals surface area contributed by atoms with E-state index in [4.69, 9.17) is 5.73 Å². The molecule has 112 valence electrons. The van der Waals surface area contributed by atoms with Gasteiger partial charge in [-0.3, -0.25) is 4.79 Å². The first-order chi connectivity index (χ1) is 8.91. The number of nitrogen functional groups attached to an aromatic ring is 1. The second kappa shape index (κ2) is 5.38. The van der Waals surface area contributed by atoms with Gasteiger partial charge in [0.15, 0.2) is 11.6 Å². The minimum atomic E-state index is -1.09. The molecule has 0 saturated carbocycles. The highest BCUT2D eigenvalue weighted by atomic mass is 19.2. The number of carbonyl (C=O) groups excluding carboxylic acids is 1. The SMILES string of the molecule is CC(C)(C)CC(C)(C)NC(=O)c1cc(F)c(F)cc1N. The quantitative estimate of drug-likeness (QED) is 0.835. The molecule has 0 aliphatic carbocycles. The number of benzene rings is 1. The zero-order valence-electron chi connectivity index (χ0n) is 12.6. The summed E-state index contributed by atoms with van der Waals surface area (Å²) < 4.78 is 26.2. The zero-order chi connectivity index (χ0) is 15.7. The summed E-state index contributed by atoms with van der Waals surface area (Å²) in [7, 11) is 0. The molecule has 0 radical (unpaired) electrons.